The number of nitrogens with zero attached hydrogens (tertiary/aromatic N) is 4. The fourth-order valence-corrected chi connectivity index (χ4v) is 3.06. The molecule has 0 bridgehead atoms. The van der Waals surface area contributed by atoms with Gasteiger partial charge in [0.2, 0.25) is 0 Å². The molecule has 1 atom stereocenters. The van der Waals surface area contributed by atoms with Gasteiger partial charge in [0.25, 0.3) is 0 Å². The molecule has 2 rings (SSSR count). The Morgan fingerprint density at radius 2 is 2.10 bits per heavy atom. The summed E-state index contributed by atoms with van der Waals surface area (Å²) in [5.74, 6) is 2.08. The van der Waals surface area contributed by atoms with Crippen molar-refractivity contribution < 1.29 is 0 Å². The van der Waals surface area contributed by atoms with Crippen LogP contribution in [-0.4, -0.2) is 54.6 Å². The lowest BCUT2D eigenvalue weighted by molar-refractivity contribution is 0.327. The fourth-order valence-electron chi connectivity index (χ4n) is 3.06. The molecule has 1 fully saturated rings. The van der Waals surface area contributed by atoms with Gasteiger partial charge in [-0.25, -0.2) is 9.97 Å². The van der Waals surface area contributed by atoms with Gasteiger partial charge in [-0.2, -0.15) is 0 Å². The predicted molar refractivity (Wildman–Crippen MR) is 84.5 cm³/mol. The number of hydrogen-bond donors (Lipinski definition) is 1. The van der Waals surface area contributed by atoms with Gasteiger partial charge in [-0.05, 0) is 32.9 Å². The van der Waals surface area contributed by atoms with Crippen LogP contribution in [0.15, 0.2) is 6.33 Å². The van der Waals surface area contributed by atoms with Crippen LogP contribution < -0.4 is 10.2 Å². The maximum Gasteiger partial charge on any atom is 0.137 e. The normalized spacial score (nSPS) is 20.8. The summed E-state index contributed by atoms with van der Waals surface area (Å²) in [4.78, 5) is 13.9. The van der Waals surface area contributed by atoms with Crippen molar-refractivity contribution in [1.29, 1.82) is 0 Å². The van der Waals surface area contributed by atoms with Crippen molar-refractivity contribution in [2.45, 2.75) is 39.2 Å². The summed E-state index contributed by atoms with van der Waals surface area (Å²) in [6.45, 7) is 7.80. The molecular formula is C15H27N5. The van der Waals surface area contributed by atoms with E-state index >= 15 is 0 Å². The zero-order valence-electron chi connectivity index (χ0n) is 13.2. The summed E-state index contributed by atoms with van der Waals surface area (Å²) in [7, 11) is 4.14. The lowest BCUT2D eigenvalue weighted by atomic mass is 10.1. The maximum absolute atomic E-state index is 4.60. The first-order valence-electron chi connectivity index (χ1n) is 7.68. The molecule has 112 valence electrons. The molecular weight excluding hydrogens is 250 g/mol. The summed E-state index contributed by atoms with van der Waals surface area (Å²) in [6, 6.07) is 0.535. The van der Waals surface area contributed by atoms with E-state index in [2.05, 4.69) is 46.0 Å². The van der Waals surface area contributed by atoms with Crippen molar-refractivity contribution in [3.8, 4) is 0 Å². The Balaban J connectivity index is 2.37. The van der Waals surface area contributed by atoms with E-state index in [1.165, 1.54) is 18.5 Å². The zero-order chi connectivity index (χ0) is 14.5. The second-order valence-electron chi connectivity index (χ2n) is 5.50. The second-order valence-corrected chi connectivity index (χ2v) is 5.50. The van der Waals surface area contributed by atoms with E-state index in [1.807, 2.05) is 7.05 Å². The first-order chi connectivity index (χ1) is 9.71. The Morgan fingerprint density at radius 3 is 2.75 bits per heavy atom. The van der Waals surface area contributed by atoms with Gasteiger partial charge in [0, 0.05) is 31.7 Å². The Hall–Kier alpha value is -1.36. The summed E-state index contributed by atoms with van der Waals surface area (Å²) in [6.07, 6.45) is 4.97. The highest BCUT2D eigenvalue weighted by Crippen LogP contribution is 2.27. The Kier molecular flexibility index (Phi) is 5.17. The summed E-state index contributed by atoms with van der Waals surface area (Å²) >= 11 is 0. The molecule has 0 aliphatic carbocycles. The van der Waals surface area contributed by atoms with Gasteiger partial charge in [-0.1, -0.05) is 13.8 Å². The average molecular weight is 277 g/mol. The van der Waals surface area contributed by atoms with Crippen LogP contribution in [0, 0.1) is 0 Å². The molecule has 0 amide bonds. The molecule has 1 aliphatic rings. The van der Waals surface area contributed by atoms with Gasteiger partial charge in [0.1, 0.15) is 18.0 Å². The Bertz CT molecular complexity index is 434. The monoisotopic (exact) mass is 277 g/mol. The summed E-state index contributed by atoms with van der Waals surface area (Å²) in [5, 5.41) is 3.20. The van der Waals surface area contributed by atoms with Crippen LogP contribution in [0.2, 0.25) is 0 Å². The average Bonchev–Trinajstić information content (AvgIpc) is 2.67. The van der Waals surface area contributed by atoms with Crippen molar-refractivity contribution in [3.05, 3.63) is 11.9 Å². The first kappa shape index (κ1) is 15.0. The minimum absolute atomic E-state index is 0.535. The third-order valence-corrected chi connectivity index (χ3v) is 4.16. The zero-order valence-corrected chi connectivity index (χ0v) is 13.2. The van der Waals surface area contributed by atoms with Crippen molar-refractivity contribution in [1.82, 2.24) is 14.9 Å². The van der Waals surface area contributed by atoms with Crippen LogP contribution in [0.1, 0.15) is 32.3 Å². The minimum Gasteiger partial charge on any atom is -0.373 e. The van der Waals surface area contributed by atoms with Crippen LogP contribution in [0.25, 0.3) is 0 Å². The molecule has 5 heteroatoms. The smallest absolute Gasteiger partial charge is 0.137 e. The number of nitrogens with one attached hydrogen (secondary N) is 1. The fraction of sp³-hybridized carbons (Fsp3) is 0.733. The van der Waals surface area contributed by atoms with Gasteiger partial charge in [-0.15, -0.1) is 0 Å². The van der Waals surface area contributed by atoms with Crippen LogP contribution in [-0.2, 0) is 6.42 Å². The first-order valence-corrected chi connectivity index (χ1v) is 7.68. The number of rotatable bonds is 4. The third-order valence-electron chi connectivity index (χ3n) is 4.16. The van der Waals surface area contributed by atoms with Gasteiger partial charge >= 0.3 is 0 Å². The summed E-state index contributed by atoms with van der Waals surface area (Å²) < 4.78 is 0. The van der Waals surface area contributed by atoms with Crippen LogP contribution in [0.4, 0.5) is 11.6 Å². The standard InChI is InChI=1S/C15H27N5/c1-5-12-10-19(4)8-7-9-20(12)15-13(6-2)14(16-3)17-11-18-15/h11-12H,5-10H2,1-4H3,(H,16,17,18). The molecule has 0 aromatic carbocycles. The molecule has 20 heavy (non-hydrogen) atoms. The van der Waals surface area contributed by atoms with Crippen molar-refractivity contribution >= 4 is 11.6 Å². The highest BCUT2D eigenvalue weighted by molar-refractivity contribution is 5.59. The molecule has 1 aliphatic heterocycles. The minimum atomic E-state index is 0.535. The number of anilines is 2. The highest BCUT2D eigenvalue weighted by Gasteiger charge is 2.25. The van der Waals surface area contributed by atoms with Gasteiger partial charge in [0.05, 0.1) is 0 Å². The number of likely N-dealkylation sites (N-methyl/N-ethyl adjacent to an activating group) is 1. The van der Waals surface area contributed by atoms with Gasteiger partial charge in [0.15, 0.2) is 0 Å². The number of hydrogen-bond acceptors (Lipinski definition) is 5. The molecule has 1 N–H and O–H groups in total. The maximum atomic E-state index is 4.60. The molecule has 5 nitrogen and oxygen atoms in total. The Labute approximate surface area is 122 Å². The summed E-state index contributed by atoms with van der Waals surface area (Å²) in [5.41, 5.74) is 1.23. The molecule has 1 saturated heterocycles. The topological polar surface area (TPSA) is 44.3 Å². The van der Waals surface area contributed by atoms with E-state index in [4.69, 9.17) is 0 Å². The second kappa shape index (κ2) is 6.88. The van der Waals surface area contributed by atoms with Crippen molar-refractivity contribution in [3.63, 3.8) is 0 Å². The van der Waals surface area contributed by atoms with Crippen molar-refractivity contribution in [2.24, 2.45) is 0 Å². The lowest BCUT2D eigenvalue weighted by Gasteiger charge is -2.32. The van der Waals surface area contributed by atoms with Crippen LogP contribution in [0.5, 0.6) is 0 Å². The molecule has 1 aromatic rings. The highest BCUT2D eigenvalue weighted by atomic mass is 15.3. The quantitative estimate of drug-likeness (QED) is 0.912. The van der Waals surface area contributed by atoms with E-state index in [0.717, 1.165) is 37.6 Å². The number of aromatic nitrogens is 2. The van der Waals surface area contributed by atoms with Crippen molar-refractivity contribution in [2.75, 3.05) is 43.9 Å². The van der Waals surface area contributed by atoms with Crippen LogP contribution >= 0.6 is 0 Å². The molecule has 0 spiro atoms. The third kappa shape index (κ3) is 3.03. The molecule has 0 saturated carbocycles. The Morgan fingerprint density at radius 1 is 1.30 bits per heavy atom. The molecule has 1 unspecified atom stereocenters. The van der Waals surface area contributed by atoms with E-state index in [1.54, 1.807) is 6.33 Å². The van der Waals surface area contributed by atoms with Crippen LogP contribution in [0.3, 0.4) is 0 Å². The van der Waals surface area contributed by atoms with Gasteiger partial charge < -0.3 is 15.1 Å². The molecule has 1 aromatic heterocycles. The van der Waals surface area contributed by atoms with Gasteiger partial charge in [-0.3, -0.25) is 0 Å². The SMILES string of the molecule is CCc1c(NC)ncnc1N1CCCN(C)CC1CC. The van der Waals surface area contributed by atoms with E-state index < -0.39 is 0 Å². The molecule has 2 heterocycles. The molecule has 0 radical (unpaired) electrons. The van der Waals surface area contributed by atoms with E-state index in [-0.39, 0.29) is 0 Å². The van der Waals surface area contributed by atoms with E-state index in [9.17, 15) is 0 Å². The predicted octanol–water partition coefficient (Wildman–Crippen LogP) is 2.00. The largest absolute Gasteiger partial charge is 0.373 e. The van der Waals surface area contributed by atoms with E-state index in [0.29, 0.717) is 6.04 Å². The lowest BCUT2D eigenvalue weighted by Crippen LogP contribution is -2.40.